The van der Waals surface area contributed by atoms with Gasteiger partial charge in [0.2, 0.25) is 0 Å². The summed E-state index contributed by atoms with van der Waals surface area (Å²) in [5.41, 5.74) is 19.4. The van der Waals surface area contributed by atoms with E-state index in [1.807, 2.05) is 150 Å². The van der Waals surface area contributed by atoms with Crippen molar-refractivity contribution < 1.29 is 28.6 Å². The number of carbonyl (C=O) groups excluding carboxylic acids is 3. The minimum Gasteiger partial charge on any atom is -0.461 e. The first-order chi connectivity index (χ1) is 42.6. The van der Waals surface area contributed by atoms with E-state index in [0.717, 1.165) is 90.1 Å². The van der Waals surface area contributed by atoms with Crippen LogP contribution in [0.15, 0.2) is 174 Å². The van der Waals surface area contributed by atoms with Gasteiger partial charge in [0, 0.05) is 50.7 Å². The van der Waals surface area contributed by atoms with Crippen molar-refractivity contribution in [2.75, 3.05) is 19.8 Å². The molecule has 0 amide bonds. The normalized spacial score (nSPS) is 14.9. The van der Waals surface area contributed by atoms with Gasteiger partial charge in [0.05, 0.1) is 94.9 Å². The highest BCUT2D eigenvalue weighted by Gasteiger charge is 2.33. The molecular weight excluding hydrogens is 1120 g/mol. The van der Waals surface area contributed by atoms with Crippen LogP contribution in [0.4, 0.5) is 0 Å². The predicted octanol–water partition coefficient (Wildman–Crippen LogP) is 12.5. The van der Waals surface area contributed by atoms with Crippen LogP contribution in [-0.4, -0.2) is 96.6 Å². The largest absolute Gasteiger partial charge is 0.461 e. The molecule has 3 atom stereocenters. The minimum atomic E-state index is -1.51. The third-order valence-electron chi connectivity index (χ3n) is 14.4. The van der Waals surface area contributed by atoms with Gasteiger partial charge in [-0.15, -0.1) is 18.4 Å². The Hall–Kier alpha value is -10.8. The first kappa shape index (κ1) is 60.3. The Kier molecular flexibility index (Phi) is 18.0. The number of imidazole rings is 3. The maximum Gasteiger partial charge on any atom is 0.358 e. The van der Waals surface area contributed by atoms with Crippen LogP contribution in [0.1, 0.15) is 158 Å². The fraction of sp³-hybridized carbons (Fsp3) is 0.211. The first-order valence-corrected chi connectivity index (χ1v) is 32.5. The van der Waals surface area contributed by atoms with Crippen LogP contribution in [0.3, 0.4) is 0 Å². The molecule has 88 heavy (non-hydrogen) atoms. The molecule has 9 aromatic rings. The second-order valence-electron chi connectivity index (χ2n) is 21.6. The van der Waals surface area contributed by atoms with Gasteiger partial charge >= 0.3 is 17.9 Å². The van der Waals surface area contributed by atoms with Crippen LogP contribution < -0.4 is 0 Å². The van der Waals surface area contributed by atoms with Crippen LogP contribution in [0, 0.1) is 36.2 Å². The van der Waals surface area contributed by atoms with Gasteiger partial charge in [0.15, 0.2) is 17.1 Å². The van der Waals surface area contributed by atoms with Crippen LogP contribution in [0.5, 0.6) is 0 Å². The summed E-state index contributed by atoms with van der Waals surface area (Å²) in [4.78, 5) is 69.8. The maximum atomic E-state index is 12.6. The monoisotopic (exact) mass is 1180 g/mol. The van der Waals surface area contributed by atoms with E-state index in [2.05, 4.69) is 81.1 Å². The van der Waals surface area contributed by atoms with E-state index in [0.29, 0.717) is 36.0 Å². The highest BCUT2D eigenvalue weighted by Crippen LogP contribution is 2.37. The number of aromatic nitrogens is 7. The molecule has 3 aliphatic heterocycles. The van der Waals surface area contributed by atoms with Gasteiger partial charge in [-0.25, -0.2) is 29.3 Å². The second kappa shape index (κ2) is 26.2. The molecule has 0 N–H and O–H groups in total. The fourth-order valence-electron chi connectivity index (χ4n) is 10.6. The van der Waals surface area contributed by atoms with Crippen molar-refractivity contribution >= 4 is 43.1 Å². The Labute approximate surface area is 513 Å². The van der Waals surface area contributed by atoms with E-state index in [9.17, 15) is 14.4 Å². The summed E-state index contributed by atoms with van der Waals surface area (Å²) in [6.45, 7) is 18.8. The molecule has 17 heteroatoms. The first-order valence-electron chi connectivity index (χ1n) is 29.0. The molecule has 5 aromatic carbocycles. The lowest BCUT2D eigenvalue weighted by Gasteiger charge is -2.13. The lowest BCUT2D eigenvalue weighted by molar-refractivity contribution is 0.0508. The zero-order valence-electron chi connectivity index (χ0n) is 50.4. The summed E-state index contributed by atoms with van der Waals surface area (Å²) < 4.78 is 21.4. The maximum absolute atomic E-state index is 12.6. The number of benzene rings is 5. The van der Waals surface area contributed by atoms with E-state index in [-0.39, 0.29) is 30.4 Å². The predicted molar refractivity (Wildman–Crippen MR) is 344 cm³/mol. The molecule has 0 bridgehead atoms. The number of hydrogen-bond acceptors (Lipinski definition) is 13. The smallest absolute Gasteiger partial charge is 0.358 e. The van der Waals surface area contributed by atoms with Crippen molar-refractivity contribution in [1.29, 1.82) is 0 Å². The molecular formula is C71H64N10O6Si. The SMILES string of the molecule is C#Cc1ccc2c(c1)C(c1ccccc1)=N[C@@H](C)c1c(C(=O)OCC)ncn1-2.C#Cc1ccc2c(c1)C(c1ccccn1)=N[C@@H](C)c1c(C(=O)OCC)ncn1-2.CCOC(=O)c1ncn2c1[C@H](C)N=C(c1ccccc1)c1cc(C#C[Si](C)(C)C)ccc1-2. The van der Waals surface area contributed by atoms with Gasteiger partial charge in [-0.05, 0) is 108 Å². The zero-order chi connectivity index (χ0) is 62.2. The molecule has 0 spiro atoms. The molecule has 0 aliphatic carbocycles. The number of carbonyl (C=O) groups is 3. The highest BCUT2D eigenvalue weighted by atomic mass is 28.3. The lowest BCUT2D eigenvalue weighted by Crippen LogP contribution is -2.16. The number of ether oxygens (including phenoxy) is 3. The fourth-order valence-corrected chi connectivity index (χ4v) is 11.1. The average molecular weight is 1180 g/mol. The van der Waals surface area contributed by atoms with Crippen molar-refractivity contribution in [3.05, 3.63) is 243 Å². The van der Waals surface area contributed by atoms with Crippen LogP contribution in [0.25, 0.3) is 17.1 Å². The molecule has 12 rings (SSSR count). The van der Waals surface area contributed by atoms with Gasteiger partial charge < -0.3 is 14.2 Å². The molecule has 0 radical (unpaired) electrons. The summed E-state index contributed by atoms with van der Waals surface area (Å²) in [5.74, 6) is 7.40. The molecule has 16 nitrogen and oxygen atoms in total. The Bertz CT molecular complexity index is 4210. The van der Waals surface area contributed by atoms with E-state index in [1.165, 1.54) is 0 Å². The Morgan fingerprint density at radius 1 is 0.477 bits per heavy atom. The Morgan fingerprint density at radius 3 is 1.20 bits per heavy atom. The third-order valence-corrected chi connectivity index (χ3v) is 15.3. The van der Waals surface area contributed by atoms with Crippen molar-refractivity contribution in [3.8, 4) is 53.2 Å². The Morgan fingerprint density at radius 2 is 0.841 bits per heavy atom. The van der Waals surface area contributed by atoms with Gasteiger partial charge in [0.25, 0.3) is 0 Å². The van der Waals surface area contributed by atoms with Gasteiger partial charge in [0.1, 0.15) is 27.1 Å². The van der Waals surface area contributed by atoms with E-state index >= 15 is 0 Å². The Balaban J connectivity index is 0.000000146. The van der Waals surface area contributed by atoms with Crippen molar-refractivity contribution in [2.24, 2.45) is 15.0 Å². The van der Waals surface area contributed by atoms with Gasteiger partial charge in [-0.1, -0.05) is 104 Å². The minimum absolute atomic E-state index is 0.271. The van der Waals surface area contributed by atoms with Crippen molar-refractivity contribution in [3.63, 3.8) is 0 Å². The van der Waals surface area contributed by atoms with Gasteiger partial charge in [-0.3, -0.25) is 33.7 Å². The van der Waals surface area contributed by atoms with E-state index in [4.69, 9.17) is 42.0 Å². The van der Waals surface area contributed by atoms with Gasteiger partial charge in [-0.2, -0.15) is 0 Å². The molecule has 438 valence electrons. The van der Waals surface area contributed by atoms with Crippen molar-refractivity contribution in [2.45, 2.75) is 79.3 Å². The van der Waals surface area contributed by atoms with Crippen molar-refractivity contribution in [1.82, 2.24) is 33.6 Å². The van der Waals surface area contributed by atoms with Crippen LogP contribution in [-0.2, 0) is 14.2 Å². The summed E-state index contributed by atoms with van der Waals surface area (Å²) in [6.07, 6.45) is 17.9. The summed E-state index contributed by atoms with van der Waals surface area (Å²) in [7, 11) is -1.51. The van der Waals surface area contributed by atoms with E-state index < -0.39 is 26.0 Å². The molecule has 4 aromatic heterocycles. The summed E-state index contributed by atoms with van der Waals surface area (Å²) in [6, 6.07) is 42.5. The van der Waals surface area contributed by atoms with Crippen LogP contribution >= 0.6 is 0 Å². The number of pyridine rings is 1. The molecule has 0 saturated carbocycles. The molecule has 0 fully saturated rings. The quantitative estimate of drug-likeness (QED) is 0.0583. The molecule has 7 heterocycles. The summed E-state index contributed by atoms with van der Waals surface area (Å²) >= 11 is 0. The number of fused-ring (bicyclic) bond motifs is 9. The third kappa shape index (κ3) is 12.5. The number of hydrogen-bond donors (Lipinski definition) is 0. The number of nitrogens with zero attached hydrogens (tertiary/aromatic N) is 10. The molecule has 3 aliphatic rings. The number of terminal acetylenes is 2. The topological polar surface area (TPSA) is 182 Å². The summed E-state index contributed by atoms with van der Waals surface area (Å²) in [5, 5.41) is 0. The highest BCUT2D eigenvalue weighted by molar-refractivity contribution is 6.83. The standard InChI is InChI=1S/C26H27N3O2Si.C23H19N3O2.C22H18N4O2/c1-6-31-26(30)24-25-18(2)28-23(20-10-8-7-9-11-20)21-16-19(14-15-32(3,4)5)12-13-22(21)29(25)17-27-24;1-4-16-11-12-19-18(13-16)20(17-9-7-6-8-10-17)25-15(3)22-21(23(27)28-5-2)24-14-26(19)22;1-4-15-9-10-18-16(12-15)19(17-8-6-7-11-23-17)25-14(3)21-20(22(27)28-5-2)24-13-26(18)21/h7-13,16-18H,6H2,1-5H3;1,6-15H,5H2,2-3H3;1,6-14H,5H2,2-3H3/t18-;15-;14-/m000/s1. The van der Waals surface area contributed by atoms with Crippen LogP contribution in [0.2, 0.25) is 19.6 Å². The second-order valence-corrected chi connectivity index (χ2v) is 26.3. The number of aliphatic imine (C=N–C) groups is 3. The molecule has 0 unspecified atom stereocenters. The number of rotatable bonds is 9. The number of esters is 3. The van der Waals surface area contributed by atoms with E-state index in [1.54, 1.807) is 46.0 Å². The lowest BCUT2D eigenvalue weighted by atomic mass is 9.98. The molecule has 0 saturated heterocycles. The average Bonchev–Trinajstić information content (AvgIpc) is 2.03. The zero-order valence-corrected chi connectivity index (χ0v) is 51.4.